The van der Waals surface area contributed by atoms with Gasteiger partial charge in [0.25, 0.3) is 5.91 Å². The third-order valence-electron chi connectivity index (χ3n) is 4.37. The lowest BCUT2D eigenvalue weighted by Gasteiger charge is -2.21. The summed E-state index contributed by atoms with van der Waals surface area (Å²) in [5.41, 5.74) is 2.32. The highest BCUT2D eigenvalue weighted by atomic mass is 16.3. The predicted molar refractivity (Wildman–Crippen MR) is 93.4 cm³/mol. The number of rotatable bonds is 4. The zero-order valence-electron chi connectivity index (χ0n) is 14.2. The lowest BCUT2D eigenvalue weighted by Crippen LogP contribution is -2.42. The first kappa shape index (κ1) is 17.2. The van der Waals surface area contributed by atoms with E-state index in [4.69, 9.17) is 0 Å². The molecule has 1 aliphatic rings. The molecule has 3 rings (SSSR count). The Morgan fingerprint density at radius 2 is 2.08 bits per heavy atom. The topological polar surface area (TPSA) is 87.5 Å². The quantitative estimate of drug-likeness (QED) is 0.881. The molecule has 0 radical (unpaired) electrons. The first-order valence-corrected chi connectivity index (χ1v) is 8.43. The summed E-state index contributed by atoms with van der Waals surface area (Å²) in [6.45, 7) is 2.30. The molecule has 1 aromatic heterocycles. The van der Waals surface area contributed by atoms with Crippen LogP contribution in [0.25, 0.3) is 5.69 Å². The fraction of sp³-hybridized carbons (Fsp3) is 0.389. The second-order valence-electron chi connectivity index (χ2n) is 6.21. The molecule has 2 aromatic rings. The van der Waals surface area contributed by atoms with E-state index < -0.39 is 6.10 Å². The SMILES string of the molecule is Cc1c(NC(=O)CN2CCCCC(O)C2=O)cnn1-c1ccccc1. The third kappa shape index (κ3) is 3.88. The molecule has 0 spiro atoms. The molecule has 7 heteroatoms. The summed E-state index contributed by atoms with van der Waals surface area (Å²) in [4.78, 5) is 25.8. The Bertz CT molecular complexity index is 757. The Kier molecular flexibility index (Phi) is 5.14. The highest BCUT2D eigenvalue weighted by molar-refractivity contribution is 5.95. The summed E-state index contributed by atoms with van der Waals surface area (Å²) in [5.74, 6) is -0.664. The van der Waals surface area contributed by atoms with Crippen LogP contribution in [0, 0.1) is 6.92 Å². The van der Waals surface area contributed by atoms with Gasteiger partial charge in [0.05, 0.1) is 29.8 Å². The highest BCUT2D eigenvalue weighted by Gasteiger charge is 2.26. The zero-order valence-corrected chi connectivity index (χ0v) is 14.2. The molecule has 1 saturated heterocycles. The number of aliphatic hydroxyl groups is 1. The number of carbonyl (C=O) groups excluding carboxylic acids is 2. The fourth-order valence-corrected chi connectivity index (χ4v) is 2.97. The molecule has 2 heterocycles. The Labute approximate surface area is 146 Å². The van der Waals surface area contributed by atoms with Gasteiger partial charge in [-0.25, -0.2) is 4.68 Å². The average molecular weight is 342 g/mol. The van der Waals surface area contributed by atoms with Crippen molar-refractivity contribution >= 4 is 17.5 Å². The minimum Gasteiger partial charge on any atom is -0.383 e. The molecule has 7 nitrogen and oxygen atoms in total. The zero-order chi connectivity index (χ0) is 17.8. The molecular weight excluding hydrogens is 320 g/mol. The van der Waals surface area contributed by atoms with Gasteiger partial charge in [0.15, 0.2) is 0 Å². The average Bonchev–Trinajstić information content (AvgIpc) is 2.89. The molecular formula is C18H22N4O3. The van der Waals surface area contributed by atoms with Crippen molar-refractivity contribution < 1.29 is 14.7 Å². The van der Waals surface area contributed by atoms with Crippen molar-refractivity contribution in [2.75, 3.05) is 18.4 Å². The third-order valence-corrected chi connectivity index (χ3v) is 4.37. The number of anilines is 1. The maximum absolute atomic E-state index is 12.3. The molecule has 2 amide bonds. The Morgan fingerprint density at radius 3 is 2.84 bits per heavy atom. The molecule has 1 aromatic carbocycles. The minimum absolute atomic E-state index is 0.0636. The van der Waals surface area contributed by atoms with Crippen molar-refractivity contribution in [2.45, 2.75) is 32.3 Å². The van der Waals surface area contributed by atoms with Crippen LogP contribution >= 0.6 is 0 Å². The van der Waals surface area contributed by atoms with Gasteiger partial charge in [0.2, 0.25) is 5.91 Å². The maximum atomic E-state index is 12.3. The maximum Gasteiger partial charge on any atom is 0.251 e. The van der Waals surface area contributed by atoms with Gasteiger partial charge in [-0.15, -0.1) is 0 Å². The molecule has 1 fully saturated rings. The van der Waals surface area contributed by atoms with Gasteiger partial charge in [-0.3, -0.25) is 9.59 Å². The van der Waals surface area contributed by atoms with Crippen LogP contribution in [0.2, 0.25) is 0 Å². The van der Waals surface area contributed by atoms with E-state index in [-0.39, 0.29) is 18.4 Å². The van der Waals surface area contributed by atoms with Gasteiger partial charge in [0.1, 0.15) is 6.10 Å². The number of likely N-dealkylation sites (tertiary alicyclic amines) is 1. The second-order valence-corrected chi connectivity index (χ2v) is 6.21. The van der Waals surface area contributed by atoms with E-state index in [1.54, 1.807) is 10.9 Å². The van der Waals surface area contributed by atoms with E-state index in [2.05, 4.69) is 10.4 Å². The van der Waals surface area contributed by atoms with Crippen LogP contribution < -0.4 is 5.32 Å². The Morgan fingerprint density at radius 1 is 1.32 bits per heavy atom. The summed E-state index contributed by atoms with van der Waals surface area (Å²) in [6.07, 6.45) is 2.63. The lowest BCUT2D eigenvalue weighted by molar-refractivity contribution is -0.141. The van der Waals surface area contributed by atoms with Crippen molar-refractivity contribution in [1.29, 1.82) is 0 Å². The van der Waals surface area contributed by atoms with E-state index >= 15 is 0 Å². The van der Waals surface area contributed by atoms with Crippen molar-refractivity contribution in [3.63, 3.8) is 0 Å². The summed E-state index contributed by atoms with van der Waals surface area (Å²) in [6, 6.07) is 9.64. The van der Waals surface area contributed by atoms with Crippen molar-refractivity contribution in [3.05, 3.63) is 42.2 Å². The van der Waals surface area contributed by atoms with Gasteiger partial charge in [-0.05, 0) is 38.3 Å². The predicted octanol–water partition coefficient (Wildman–Crippen LogP) is 1.49. The van der Waals surface area contributed by atoms with Crippen LogP contribution in [0.5, 0.6) is 0 Å². The van der Waals surface area contributed by atoms with Crippen molar-refractivity contribution in [2.24, 2.45) is 0 Å². The van der Waals surface area contributed by atoms with E-state index in [0.717, 1.165) is 24.2 Å². The molecule has 25 heavy (non-hydrogen) atoms. The smallest absolute Gasteiger partial charge is 0.251 e. The summed E-state index contributed by atoms with van der Waals surface area (Å²) in [7, 11) is 0. The molecule has 2 N–H and O–H groups in total. The standard InChI is InChI=1S/C18H22N4O3/c1-13-15(11-19-22(13)14-7-3-2-4-8-14)20-17(24)12-21-10-6-5-9-16(23)18(21)25/h2-4,7-8,11,16,23H,5-6,9-10,12H2,1H3,(H,20,24). The summed E-state index contributed by atoms with van der Waals surface area (Å²) in [5, 5.41) is 16.9. The monoisotopic (exact) mass is 342 g/mol. The fourth-order valence-electron chi connectivity index (χ4n) is 2.97. The molecule has 1 unspecified atom stereocenters. The highest BCUT2D eigenvalue weighted by Crippen LogP contribution is 2.18. The molecule has 1 aliphatic heterocycles. The number of hydrogen-bond acceptors (Lipinski definition) is 4. The summed E-state index contributed by atoms with van der Waals surface area (Å²) < 4.78 is 1.75. The number of benzene rings is 1. The van der Waals surface area contributed by atoms with Crippen LogP contribution in [0.1, 0.15) is 25.0 Å². The van der Waals surface area contributed by atoms with Gasteiger partial charge >= 0.3 is 0 Å². The van der Waals surface area contributed by atoms with Crippen LogP contribution in [0.4, 0.5) is 5.69 Å². The summed E-state index contributed by atoms with van der Waals surface area (Å²) >= 11 is 0. The van der Waals surface area contributed by atoms with Crippen molar-refractivity contribution in [1.82, 2.24) is 14.7 Å². The van der Waals surface area contributed by atoms with Crippen molar-refractivity contribution in [3.8, 4) is 5.69 Å². The number of carbonyl (C=O) groups is 2. The molecule has 132 valence electrons. The van der Waals surface area contributed by atoms with Gasteiger partial charge < -0.3 is 15.3 Å². The van der Waals surface area contributed by atoms with Crippen LogP contribution in [0.15, 0.2) is 36.5 Å². The van der Waals surface area contributed by atoms with E-state index in [1.165, 1.54) is 4.90 Å². The van der Waals surface area contributed by atoms with Gasteiger partial charge in [0, 0.05) is 6.54 Å². The molecule has 0 aliphatic carbocycles. The largest absolute Gasteiger partial charge is 0.383 e. The van der Waals surface area contributed by atoms with Gasteiger partial charge in [-0.2, -0.15) is 5.10 Å². The minimum atomic E-state index is -1.00. The first-order valence-electron chi connectivity index (χ1n) is 8.43. The van der Waals surface area contributed by atoms with Crippen LogP contribution in [-0.4, -0.2) is 50.8 Å². The number of aromatic nitrogens is 2. The Hall–Kier alpha value is -2.67. The van der Waals surface area contributed by atoms with E-state index in [1.807, 2.05) is 37.3 Å². The van der Waals surface area contributed by atoms with Crippen LogP contribution in [-0.2, 0) is 9.59 Å². The van der Waals surface area contributed by atoms with Gasteiger partial charge in [-0.1, -0.05) is 18.2 Å². The van der Waals surface area contributed by atoms with Crippen LogP contribution in [0.3, 0.4) is 0 Å². The Balaban J connectivity index is 1.67. The molecule has 1 atom stereocenters. The number of nitrogens with zero attached hydrogens (tertiary/aromatic N) is 3. The molecule has 0 saturated carbocycles. The lowest BCUT2D eigenvalue weighted by atomic mass is 10.2. The number of nitrogens with one attached hydrogen (secondary N) is 1. The molecule has 0 bridgehead atoms. The second kappa shape index (κ2) is 7.48. The van der Waals surface area contributed by atoms with E-state index in [0.29, 0.717) is 18.7 Å². The first-order chi connectivity index (χ1) is 12.1. The number of hydrogen-bond donors (Lipinski definition) is 2. The number of aliphatic hydroxyl groups excluding tert-OH is 1. The number of para-hydroxylation sites is 1. The number of amides is 2. The van der Waals surface area contributed by atoms with E-state index in [9.17, 15) is 14.7 Å². The normalized spacial score (nSPS) is 18.1.